The van der Waals surface area contributed by atoms with Gasteiger partial charge in [0.05, 0.1) is 24.2 Å². The van der Waals surface area contributed by atoms with Crippen LogP contribution in [-0.4, -0.2) is 75.6 Å². The van der Waals surface area contributed by atoms with Gasteiger partial charge < -0.3 is 15.1 Å². The van der Waals surface area contributed by atoms with E-state index in [1.165, 1.54) is 0 Å². The highest BCUT2D eigenvalue weighted by atomic mass is 32.2. The Bertz CT molecular complexity index is 783. The third kappa shape index (κ3) is 6.22. The number of rotatable bonds is 8. The maximum Gasteiger partial charge on any atom is 0.279 e. The van der Waals surface area contributed by atoms with Crippen LogP contribution in [0.15, 0.2) is 29.2 Å². The number of quaternary nitrogens is 1. The number of carbonyl (C=O) groups is 2. The summed E-state index contributed by atoms with van der Waals surface area (Å²) >= 11 is 1.56. The van der Waals surface area contributed by atoms with Crippen molar-refractivity contribution in [3.05, 3.63) is 24.3 Å². The summed E-state index contributed by atoms with van der Waals surface area (Å²) < 4.78 is 23.4. The highest BCUT2D eigenvalue weighted by molar-refractivity contribution is 7.98. The summed E-state index contributed by atoms with van der Waals surface area (Å²) in [5, 5.41) is 2.89. The molecule has 1 aliphatic rings. The van der Waals surface area contributed by atoms with E-state index in [1.807, 2.05) is 37.4 Å². The lowest BCUT2D eigenvalue weighted by molar-refractivity contribution is -0.862. The number of amides is 2. The van der Waals surface area contributed by atoms with Gasteiger partial charge in [0.1, 0.15) is 0 Å². The summed E-state index contributed by atoms with van der Waals surface area (Å²) in [5.41, 5.74) is 0.764. The van der Waals surface area contributed by atoms with Gasteiger partial charge in [-0.05, 0) is 31.7 Å². The van der Waals surface area contributed by atoms with Crippen molar-refractivity contribution in [2.24, 2.45) is 0 Å². The molecule has 0 bridgehead atoms. The number of carbonyl (C=O) groups excluding carboxylic acids is 2. The molecular formula is C18H28N3O4S2+. The van der Waals surface area contributed by atoms with E-state index in [0.29, 0.717) is 13.0 Å². The van der Waals surface area contributed by atoms with E-state index in [0.717, 1.165) is 15.5 Å². The topological polar surface area (TPSA) is 88.0 Å². The van der Waals surface area contributed by atoms with Crippen LogP contribution in [-0.2, 0) is 19.4 Å². The number of anilines is 1. The van der Waals surface area contributed by atoms with E-state index in [-0.39, 0.29) is 42.5 Å². The van der Waals surface area contributed by atoms with E-state index in [9.17, 15) is 18.0 Å². The second kappa shape index (κ2) is 9.57. The third-order valence-electron chi connectivity index (χ3n) is 4.61. The van der Waals surface area contributed by atoms with Gasteiger partial charge in [0.25, 0.3) is 11.8 Å². The zero-order valence-corrected chi connectivity index (χ0v) is 17.7. The van der Waals surface area contributed by atoms with Crippen molar-refractivity contribution in [2.75, 3.05) is 49.8 Å². The first-order chi connectivity index (χ1) is 12.8. The van der Waals surface area contributed by atoms with Crippen LogP contribution >= 0.6 is 11.8 Å². The van der Waals surface area contributed by atoms with E-state index in [1.54, 1.807) is 23.7 Å². The average molecular weight is 415 g/mol. The van der Waals surface area contributed by atoms with Crippen LogP contribution in [0, 0.1) is 0 Å². The van der Waals surface area contributed by atoms with Gasteiger partial charge in [0.2, 0.25) is 0 Å². The largest absolute Gasteiger partial charge is 0.334 e. The number of likely N-dealkylation sites (N-methyl/N-ethyl adjacent to an activating group) is 2. The molecule has 1 fully saturated rings. The van der Waals surface area contributed by atoms with E-state index in [2.05, 4.69) is 5.32 Å². The van der Waals surface area contributed by atoms with Gasteiger partial charge in [-0.3, -0.25) is 9.59 Å². The molecule has 0 spiro atoms. The molecule has 2 atom stereocenters. The average Bonchev–Trinajstić information content (AvgIpc) is 2.95. The normalized spacial score (nSPS) is 19.4. The molecule has 2 rings (SSSR count). The Balaban J connectivity index is 1.89. The number of hydrogen-bond donors (Lipinski definition) is 2. The van der Waals surface area contributed by atoms with Gasteiger partial charge in [-0.1, -0.05) is 12.1 Å². The van der Waals surface area contributed by atoms with Crippen molar-refractivity contribution in [3.8, 4) is 0 Å². The molecule has 0 saturated carbocycles. The van der Waals surface area contributed by atoms with Gasteiger partial charge in [-0.25, -0.2) is 8.42 Å². The number of benzene rings is 1. The zero-order valence-electron chi connectivity index (χ0n) is 16.0. The first-order valence-electron chi connectivity index (χ1n) is 8.99. The molecule has 27 heavy (non-hydrogen) atoms. The Labute approximate surface area is 165 Å². The molecule has 1 aromatic carbocycles. The van der Waals surface area contributed by atoms with Crippen molar-refractivity contribution < 1.29 is 22.9 Å². The monoisotopic (exact) mass is 414 g/mol. The number of para-hydroxylation sites is 1. The predicted octanol–water partition coefficient (Wildman–Crippen LogP) is -0.103. The molecular weight excluding hydrogens is 386 g/mol. The van der Waals surface area contributed by atoms with Crippen molar-refractivity contribution in [2.45, 2.75) is 24.3 Å². The Kier molecular flexibility index (Phi) is 7.69. The lowest BCUT2D eigenvalue weighted by atomic mass is 10.2. The summed E-state index contributed by atoms with van der Waals surface area (Å²) in [6.07, 6.45) is 2.44. The quantitative estimate of drug-likeness (QED) is 0.580. The fourth-order valence-electron chi connectivity index (χ4n) is 3.30. The molecule has 1 aromatic rings. The van der Waals surface area contributed by atoms with Crippen LogP contribution in [0.25, 0.3) is 0 Å². The lowest BCUT2D eigenvalue weighted by Crippen LogP contribution is -3.11. The molecule has 150 valence electrons. The van der Waals surface area contributed by atoms with E-state index < -0.39 is 9.84 Å². The minimum atomic E-state index is -3.04. The summed E-state index contributed by atoms with van der Waals surface area (Å²) in [4.78, 5) is 28.3. The second-order valence-electron chi connectivity index (χ2n) is 6.80. The smallest absolute Gasteiger partial charge is 0.279 e. The van der Waals surface area contributed by atoms with Crippen molar-refractivity contribution in [3.63, 3.8) is 0 Å². The van der Waals surface area contributed by atoms with E-state index >= 15 is 0 Å². The number of sulfone groups is 1. The molecule has 1 aliphatic heterocycles. The van der Waals surface area contributed by atoms with E-state index in [4.69, 9.17) is 0 Å². The predicted molar refractivity (Wildman–Crippen MR) is 108 cm³/mol. The van der Waals surface area contributed by atoms with Crippen LogP contribution < -0.4 is 10.2 Å². The molecule has 0 radical (unpaired) electrons. The Hall–Kier alpha value is -1.58. The molecule has 7 nitrogen and oxygen atoms in total. The molecule has 0 aliphatic carbocycles. The maximum absolute atomic E-state index is 12.6. The highest BCUT2D eigenvalue weighted by Gasteiger charge is 2.34. The number of nitrogens with zero attached hydrogens (tertiary/aromatic N) is 1. The van der Waals surface area contributed by atoms with Gasteiger partial charge in [-0.15, -0.1) is 11.8 Å². The van der Waals surface area contributed by atoms with Crippen molar-refractivity contribution in [1.82, 2.24) is 4.90 Å². The van der Waals surface area contributed by atoms with Gasteiger partial charge in [-0.2, -0.15) is 0 Å². The zero-order chi connectivity index (χ0) is 20.0. The fourth-order valence-corrected chi connectivity index (χ4v) is 5.58. The number of nitrogens with one attached hydrogen (secondary N) is 2. The first-order valence-corrected chi connectivity index (χ1v) is 12.0. The minimum Gasteiger partial charge on any atom is -0.334 e. The lowest BCUT2D eigenvalue weighted by Gasteiger charge is -2.27. The molecule has 0 aromatic heterocycles. The van der Waals surface area contributed by atoms with Gasteiger partial charge in [0, 0.05) is 17.5 Å². The Morgan fingerprint density at radius 2 is 2.00 bits per heavy atom. The molecule has 1 heterocycles. The fraction of sp³-hybridized carbons (Fsp3) is 0.556. The molecule has 1 saturated heterocycles. The van der Waals surface area contributed by atoms with Crippen LogP contribution in [0.4, 0.5) is 5.69 Å². The first kappa shape index (κ1) is 21.7. The summed E-state index contributed by atoms with van der Waals surface area (Å²) in [5.74, 6) is -0.0957. The molecule has 1 unspecified atom stereocenters. The van der Waals surface area contributed by atoms with Crippen LogP contribution in [0.5, 0.6) is 0 Å². The summed E-state index contributed by atoms with van der Waals surface area (Å²) in [6.45, 7) is 2.64. The molecule has 2 amide bonds. The third-order valence-corrected chi connectivity index (χ3v) is 7.15. The second-order valence-corrected chi connectivity index (χ2v) is 9.87. The van der Waals surface area contributed by atoms with Crippen LogP contribution in [0.3, 0.4) is 0 Å². The Morgan fingerprint density at radius 1 is 1.30 bits per heavy atom. The van der Waals surface area contributed by atoms with Gasteiger partial charge >= 0.3 is 0 Å². The molecule has 2 N–H and O–H groups in total. The maximum atomic E-state index is 12.6. The number of thioether (sulfide) groups is 1. The minimum absolute atomic E-state index is 0.0393. The SMILES string of the molecule is CCN(C(=O)C[NH+](C)CC(=O)Nc1ccccc1SC)[C@@H]1CCS(=O)(=O)C1. The highest BCUT2D eigenvalue weighted by Crippen LogP contribution is 2.24. The standard InChI is InChI=1S/C18H27N3O4S2/c1-4-21(14-9-10-27(24,25)13-14)18(23)12-20(2)11-17(22)19-15-7-5-6-8-16(15)26-3/h5-8,14H,4,9-13H2,1-3H3,(H,19,22)/p+1/t14-/m1/s1. The van der Waals surface area contributed by atoms with Crippen molar-refractivity contribution >= 4 is 39.1 Å². The Morgan fingerprint density at radius 3 is 2.59 bits per heavy atom. The van der Waals surface area contributed by atoms with Crippen molar-refractivity contribution in [1.29, 1.82) is 0 Å². The number of hydrogen-bond acceptors (Lipinski definition) is 5. The summed E-state index contributed by atoms with van der Waals surface area (Å²) in [7, 11) is -1.25. The van der Waals surface area contributed by atoms with Gasteiger partial charge in [0.15, 0.2) is 22.9 Å². The molecule has 9 heteroatoms. The van der Waals surface area contributed by atoms with Crippen LogP contribution in [0.2, 0.25) is 0 Å². The van der Waals surface area contributed by atoms with Crippen LogP contribution in [0.1, 0.15) is 13.3 Å². The summed E-state index contributed by atoms with van der Waals surface area (Å²) in [6, 6.07) is 7.32.